The van der Waals surface area contributed by atoms with Crippen molar-refractivity contribution in [3.05, 3.63) is 47.8 Å². The largest absolute Gasteiger partial charge is 0.356 e. The van der Waals surface area contributed by atoms with Gasteiger partial charge in [0.05, 0.1) is 11.9 Å². The van der Waals surface area contributed by atoms with E-state index in [1.165, 1.54) is 0 Å². The Hall–Kier alpha value is -3.03. The van der Waals surface area contributed by atoms with E-state index in [1.807, 2.05) is 23.6 Å². The molecule has 27 heavy (non-hydrogen) atoms. The third kappa shape index (κ3) is 3.22. The third-order valence-corrected chi connectivity index (χ3v) is 5.02. The first kappa shape index (κ1) is 17.4. The minimum Gasteiger partial charge on any atom is -0.356 e. The Kier molecular flexibility index (Phi) is 4.47. The number of aryl methyl sites for hydroxylation is 1. The van der Waals surface area contributed by atoms with Crippen molar-refractivity contribution in [2.75, 3.05) is 32.1 Å². The van der Waals surface area contributed by atoms with Crippen molar-refractivity contribution in [3.63, 3.8) is 0 Å². The highest BCUT2D eigenvalue weighted by Crippen LogP contribution is 2.29. The summed E-state index contributed by atoms with van der Waals surface area (Å²) in [5.41, 5.74) is 3.18. The standard InChI is InChI=1S/C19H23N7O/c1-13-9-17(22-12-21-13)25-8-4-5-14(11-25)16-6-7-20-18-15(10-23-26(16)18)19(27)24(2)3/h6-7,9-10,12,14H,4-5,8,11H2,1-3H3/t14-/m1/s1. The molecule has 1 saturated heterocycles. The summed E-state index contributed by atoms with van der Waals surface area (Å²) >= 11 is 0. The molecule has 0 radical (unpaired) electrons. The second kappa shape index (κ2) is 6.94. The molecule has 1 fully saturated rings. The van der Waals surface area contributed by atoms with Gasteiger partial charge in [0.25, 0.3) is 5.91 Å². The van der Waals surface area contributed by atoms with E-state index in [-0.39, 0.29) is 5.91 Å². The molecule has 0 aromatic carbocycles. The lowest BCUT2D eigenvalue weighted by Crippen LogP contribution is -2.35. The van der Waals surface area contributed by atoms with Crippen LogP contribution in [0.25, 0.3) is 5.65 Å². The van der Waals surface area contributed by atoms with Crippen molar-refractivity contribution in [3.8, 4) is 0 Å². The molecule has 4 heterocycles. The Morgan fingerprint density at radius 2 is 2.11 bits per heavy atom. The minimum absolute atomic E-state index is 0.0867. The van der Waals surface area contributed by atoms with Gasteiger partial charge in [-0.05, 0) is 25.8 Å². The van der Waals surface area contributed by atoms with E-state index >= 15 is 0 Å². The number of nitrogens with zero attached hydrogens (tertiary/aromatic N) is 7. The first-order valence-corrected chi connectivity index (χ1v) is 9.12. The summed E-state index contributed by atoms with van der Waals surface area (Å²) in [6.07, 6.45) is 7.14. The van der Waals surface area contributed by atoms with Crippen LogP contribution in [0.5, 0.6) is 0 Å². The maximum atomic E-state index is 12.4. The van der Waals surface area contributed by atoms with Crippen molar-refractivity contribution in [1.82, 2.24) is 29.5 Å². The fourth-order valence-corrected chi connectivity index (χ4v) is 3.65. The smallest absolute Gasteiger partial charge is 0.258 e. The van der Waals surface area contributed by atoms with Crippen LogP contribution < -0.4 is 4.90 Å². The molecule has 4 rings (SSSR count). The SMILES string of the molecule is Cc1cc(N2CCC[C@@H](c3ccnc4c(C(=O)N(C)C)cnn34)C2)ncn1. The maximum absolute atomic E-state index is 12.4. The quantitative estimate of drug-likeness (QED) is 0.705. The molecule has 0 unspecified atom stereocenters. The summed E-state index contributed by atoms with van der Waals surface area (Å²) in [6.45, 7) is 3.81. The lowest BCUT2D eigenvalue weighted by Gasteiger charge is -2.33. The lowest BCUT2D eigenvalue weighted by molar-refractivity contribution is 0.0829. The molecule has 8 heteroatoms. The predicted molar refractivity (Wildman–Crippen MR) is 102 cm³/mol. The summed E-state index contributed by atoms with van der Waals surface area (Å²) in [4.78, 5) is 29.3. The Bertz CT molecular complexity index is 981. The highest BCUT2D eigenvalue weighted by Gasteiger charge is 2.26. The predicted octanol–water partition coefficient (Wildman–Crippen LogP) is 1.91. The van der Waals surface area contributed by atoms with E-state index < -0.39 is 0 Å². The molecule has 1 aliphatic heterocycles. The molecule has 3 aromatic heterocycles. The molecule has 0 aliphatic carbocycles. The highest BCUT2D eigenvalue weighted by atomic mass is 16.2. The molecule has 0 saturated carbocycles. The van der Waals surface area contributed by atoms with Gasteiger partial charge < -0.3 is 9.80 Å². The second-order valence-corrected chi connectivity index (χ2v) is 7.17. The number of anilines is 1. The van der Waals surface area contributed by atoms with Gasteiger partial charge in [-0.1, -0.05) is 0 Å². The molecule has 1 atom stereocenters. The summed E-state index contributed by atoms with van der Waals surface area (Å²) < 4.78 is 1.82. The average Bonchev–Trinajstić information content (AvgIpc) is 3.11. The van der Waals surface area contributed by atoms with Crippen LogP contribution in [0, 0.1) is 6.92 Å². The van der Waals surface area contributed by atoms with Crippen molar-refractivity contribution >= 4 is 17.4 Å². The molecule has 0 N–H and O–H groups in total. The molecule has 0 bridgehead atoms. The van der Waals surface area contributed by atoms with Crippen LogP contribution in [0.3, 0.4) is 0 Å². The van der Waals surface area contributed by atoms with Crippen LogP contribution in [0.15, 0.2) is 30.9 Å². The highest BCUT2D eigenvalue weighted by molar-refractivity contribution is 5.99. The number of piperidine rings is 1. The fraction of sp³-hybridized carbons (Fsp3) is 0.421. The lowest BCUT2D eigenvalue weighted by atomic mass is 9.94. The molecular weight excluding hydrogens is 342 g/mol. The van der Waals surface area contributed by atoms with Crippen molar-refractivity contribution in [1.29, 1.82) is 0 Å². The zero-order chi connectivity index (χ0) is 19.0. The van der Waals surface area contributed by atoms with Crippen LogP contribution in [0.4, 0.5) is 5.82 Å². The van der Waals surface area contributed by atoms with Crippen molar-refractivity contribution in [2.24, 2.45) is 0 Å². The second-order valence-electron chi connectivity index (χ2n) is 7.17. The summed E-state index contributed by atoms with van der Waals surface area (Å²) in [7, 11) is 3.47. The van der Waals surface area contributed by atoms with Crippen LogP contribution in [-0.2, 0) is 0 Å². The van der Waals surface area contributed by atoms with E-state index in [0.29, 0.717) is 17.1 Å². The van der Waals surface area contributed by atoms with Gasteiger partial charge in [0.15, 0.2) is 5.65 Å². The maximum Gasteiger partial charge on any atom is 0.258 e. The Balaban J connectivity index is 1.67. The normalized spacial score (nSPS) is 17.3. The molecule has 1 amide bonds. The summed E-state index contributed by atoms with van der Waals surface area (Å²) in [6, 6.07) is 4.02. The van der Waals surface area contributed by atoms with E-state index in [0.717, 1.165) is 43.1 Å². The Morgan fingerprint density at radius 1 is 1.26 bits per heavy atom. The first-order chi connectivity index (χ1) is 13.0. The number of aromatic nitrogens is 5. The van der Waals surface area contributed by atoms with E-state index in [1.54, 1.807) is 37.7 Å². The van der Waals surface area contributed by atoms with E-state index in [2.05, 4.69) is 25.0 Å². The number of hydrogen-bond donors (Lipinski definition) is 0. The monoisotopic (exact) mass is 365 g/mol. The van der Waals surface area contributed by atoms with Crippen molar-refractivity contribution in [2.45, 2.75) is 25.7 Å². The van der Waals surface area contributed by atoms with E-state index in [4.69, 9.17) is 0 Å². The average molecular weight is 365 g/mol. The van der Waals surface area contributed by atoms with Gasteiger partial charge in [-0.25, -0.2) is 19.5 Å². The number of fused-ring (bicyclic) bond motifs is 1. The third-order valence-electron chi connectivity index (χ3n) is 5.02. The van der Waals surface area contributed by atoms with Gasteiger partial charge in [-0.2, -0.15) is 5.10 Å². The molecule has 0 spiro atoms. The van der Waals surface area contributed by atoms with Crippen LogP contribution >= 0.6 is 0 Å². The van der Waals surface area contributed by atoms with Gasteiger partial charge in [0.2, 0.25) is 0 Å². The van der Waals surface area contributed by atoms with Gasteiger partial charge in [0.1, 0.15) is 17.7 Å². The molecular formula is C19H23N7O. The summed E-state index contributed by atoms with van der Waals surface area (Å²) in [5.74, 6) is 1.17. The summed E-state index contributed by atoms with van der Waals surface area (Å²) in [5, 5.41) is 4.47. The van der Waals surface area contributed by atoms with E-state index in [9.17, 15) is 4.79 Å². The Morgan fingerprint density at radius 3 is 2.89 bits per heavy atom. The van der Waals surface area contributed by atoms with Gasteiger partial charge in [-0.15, -0.1) is 0 Å². The molecule has 3 aromatic rings. The number of hydrogen-bond acceptors (Lipinski definition) is 6. The minimum atomic E-state index is -0.0867. The van der Waals surface area contributed by atoms with Crippen LogP contribution in [0.1, 0.15) is 40.5 Å². The topological polar surface area (TPSA) is 79.5 Å². The number of carbonyl (C=O) groups excluding carboxylic acids is 1. The molecule has 8 nitrogen and oxygen atoms in total. The number of carbonyl (C=O) groups is 1. The van der Waals surface area contributed by atoms with Gasteiger partial charge >= 0.3 is 0 Å². The molecule has 1 aliphatic rings. The number of rotatable bonds is 3. The zero-order valence-electron chi connectivity index (χ0n) is 15.8. The Labute approximate surface area is 157 Å². The fourth-order valence-electron chi connectivity index (χ4n) is 3.65. The van der Waals surface area contributed by atoms with Gasteiger partial charge in [0, 0.05) is 51.1 Å². The first-order valence-electron chi connectivity index (χ1n) is 9.12. The zero-order valence-corrected chi connectivity index (χ0v) is 15.8. The molecule has 140 valence electrons. The van der Waals surface area contributed by atoms with Crippen molar-refractivity contribution < 1.29 is 4.79 Å². The van der Waals surface area contributed by atoms with Gasteiger partial charge in [-0.3, -0.25) is 4.79 Å². The van der Waals surface area contributed by atoms with Crippen LogP contribution in [-0.4, -0.2) is 62.6 Å². The van der Waals surface area contributed by atoms with Crippen LogP contribution in [0.2, 0.25) is 0 Å². The number of amides is 1.